The van der Waals surface area contributed by atoms with E-state index in [-0.39, 0.29) is 12.0 Å². The van der Waals surface area contributed by atoms with Crippen molar-refractivity contribution in [2.24, 2.45) is 11.7 Å². The van der Waals surface area contributed by atoms with Crippen LogP contribution >= 0.6 is 0 Å². The summed E-state index contributed by atoms with van der Waals surface area (Å²) in [6, 6.07) is 4.19. The molecule has 1 fully saturated rings. The van der Waals surface area contributed by atoms with Crippen LogP contribution in [-0.2, 0) is 19.1 Å². The topological polar surface area (TPSA) is 131 Å². The van der Waals surface area contributed by atoms with Crippen molar-refractivity contribution in [1.82, 2.24) is 15.5 Å². The number of ether oxygens (including phenoxy) is 1. The Labute approximate surface area is 213 Å². The maximum Gasteiger partial charge on any atom is 0.408 e. The zero-order valence-corrected chi connectivity index (χ0v) is 22.2. The SMILES string of the molecule is C#Cc1ccccc1C(C(=O)NC(C)(C)C)N(C(=O)C(CC(N)=O)NC(=O)OC(C)(C)C)C1CC1C. The van der Waals surface area contributed by atoms with Crippen molar-refractivity contribution in [2.45, 2.75) is 90.6 Å². The molecule has 4 N–H and O–H groups in total. The molecule has 1 aromatic rings. The van der Waals surface area contributed by atoms with Gasteiger partial charge in [-0.2, -0.15) is 0 Å². The van der Waals surface area contributed by atoms with Gasteiger partial charge in [0.15, 0.2) is 0 Å². The maximum atomic E-state index is 14.0. The number of nitrogens with two attached hydrogens (primary N) is 1. The van der Waals surface area contributed by atoms with Crippen LogP contribution in [-0.4, -0.2) is 51.9 Å². The number of nitrogens with one attached hydrogen (secondary N) is 2. The molecule has 1 aliphatic rings. The van der Waals surface area contributed by atoms with E-state index in [4.69, 9.17) is 16.9 Å². The monoisotopic (exact) mass is 498 g/mol. The van der Waals surface area contributed by atoms with Gasteiger partial charge in [-0.3, -0.25) is 14.4 Å². The average Bonchev–Trinajstić information content (AvgIpc) is 3.43. The van der Waals surface area contributed by atoms with Gasteiger partial charge in [0.25, 0.3) is 0 Å². The van der Waals surface area contributed by atoms with Crippen LogP contribution in [0.1, 0.15) is 78.5 Å². The van der Waals surface area contributed by atoms with Crippen molar-refractivity contribution in [3.8, 4) is 12.3 Å². The van der Waals surface area contributed by atoms with Crippen LogP contribution in [0.2, 0.25) is 0 Å². The molecule has 1 saturated carbocycles. The zero-order chi connectivity index (χ0) is 27.4. The maximum absolute atomic E-state index is 14.0. The second kappa shape index (κ2) is 11.0. The summed E-state index contributed by atoms with van der Waals surface area (Å²) in [4.78, 5) is 53.5. The summed E-state index contributed by atoms with van der Waals surface area (Å²) < 4.78 is 5.29. The number of terminal acetylenes is 1. The van der Waals surface area contributed by atoms with Crippen LogP contribution in [0, 0.1) is 18.3 Å². The van der Waals surface area contributed by atoms with E-state index in [0.29, 0.717) is 17.5 Å². The summed E-state index contributed by atoms with van der Waals surface area (Å²) in [6.45, 7) is 12.5. The first-order chi connectivity index (χ1) is 16.5. The fourth-order valence-corrected chi connectivity index (χ4v) is 3.93. The van der Waals surface area contributed by atoms with E-state index < -0.39 is 53.5 Å². The molecule has 0 spiro atoms. The molecule has 4 amide bonds. The fraction of sp³-hybridized carbons (Fsp3) is 0.556. The molecule has 0 heterocycles. The van der Waals surface area contributed by atoms with E-state index in [0.717, 1.165) is 0 Å². The molecule has 0 bridgehead atoms. The first kappa shape index (κ1) is 28.7. The number of alkyl carbamates (subject to hydrolysis) is 1. The van der Waals surface area contributed by atoms with Crippen LogP contribution < -0.4 is 16.4 Å². The fourth-order valence-electron chi connectivity index (χ4n) is 3.93. The number of hydrogen-bond acceptors (Lipinski definition) is 5. The standard InChI is InChI=1S/C27H38N4O5/c1-9-17-12-10-11-13-18(17)22(23(33)30-26(3,4)5)31(20-14-16(20)2)24(34)19(15-21(28)32)29-25(35)36-27(6,7)8/h1,10-13,16,19-20,22H,14-15H2,2-8H3,(H2,28,32)(H,29,35)(H,30,33). The predicted molar refractivity (Wildman–Crippen MR) is 136 cm³/mol. The summed E-state index contributed by atoms with van der Waals surface area (Å²) >= 11 is 0. The highest BCUT2D eigenvalue weighted by Crippen LogP contribution is 2.41. The average molecular weight is 499 g/mol. The third-order valence-corrected chi connectivity index (χ3v) is 5.51. The van der Waals surface area contributed by atoms with E-state index in [9.17, 15) is 19.2 Å². The third-order valence-electron chi connectivity index (χ3n) is 5.51. The van der Waals surface area contributed by atoms with Crippen LogP contribution in [0.25, 0.3) is 0 Å². The second-order valence-electron chi connectivity index (χ2n) is 11.3. The normalized spacial score (nSPS) is 18.7. The summed E-state index contributed by atoms with van der Waals surface area (Å²) in [5, 5.41) is 5.43. The molecule has 196 valence electrons. The lowest BCUT2D eigenvalue weighted by molar-refractivity contribution is -0.144. The van der Waals surface area contributed by atoms with E-state index >= 15 is 0 Å². The minimum atomic E-state index is -1.33. The number of nitrogens with zero attached hydrogens (tertiary/aromatic N) is 1. The van der Waals surface area contributed by atoms with Crippen molar-refractivity contribution < 1.29 is 23.9 Å². The lowest BCUT2D eigenvalue weighted by Crippen LogP contribution is -2.56. The Hall–Kier alpha value is -3.54. The largest absolute Gasteiger partial charge is 0.444 e. The molecule has 9 nitrogen and oxygen atoms in total. The molecule has 0 aromatic heterocycles. The predicted octanol–water partition coefficient (Wildman–Crippen LogP) is 2.63. The van der Waals surface area contributed by atoms with Crippen molar-refractivity contribution in [3.63, 3.8) is 0 Å². The smallest absolute Gasteiger partial charge is 0.408 e. The van der Waals surface area contributed by atoms with Crippen LogP contribution in [0.15, 0.2) is 24.3 Å². The molecule has 36 heavy (non-hydrogen) atoms. The lowest BCUT2D eigenvalue weighted by atomic mass is 9.96. The number of benzene rings is 1. The van der Waals surface area contributed by atoms with Gasteiger partial charge in [0.05, 0.1) is 6.42 Å². The van der Waals surface area contributed by atoms with Gasteiger partial charge in [-0.05, 0) is 65.5 Å². The molecule has 0 radical (unpaired) electrons. The number of carbonyl (C=O) groups is 4. The lowest BCUT2D eigenvalue weighted by Gasteiger charge is -2.36. The van der Waals surface area contributed by atoms with Crippen LogP contribution in [0.5, 0.6) is 0 Å². The van der Waals surface area contributed by atoms with E-state index in [1.807, 2.05) is 27.7 Å². The molecule has 0 saturated heterocycles. The molecular formula is C27H38N4O5. The Morgan fingerprint density at radius 2 is 1.75 bits per heavy atom. The molecule has 4 unspecified atom stereocenters. The Balaban J connectivity index is 2.58. The summed E-state index contributed by atoms with van der Waals surface area (Å²) in [7, 11) is 0. The second-order valence-corrected chi connectivity index (χ2v) is 11.3. The Bertz CT molecular complexity index is 1050. The van der Waals surface area contributed by atoms with Gasteiger partial charge in [-0.25, -0.2) is 4.79 Å². The summed E-state index contributed by atoms with van der Waals surface area (Å²) in [5.41, 5.74) is 4.95. The number of carbonyl (C=O) groups excluding carboxylic acids is 4. The molecular weight excluding hydrogens is 460 g/mol. The minimum absolute atomic E-state index is 0.104. The third kappa shape index (κ3) is 8.01. The number of primary amides is 1. The van der Waals surface area contributed by atoms with Gasteiger partial charge in [0.1, 0.15) is 17.7 Å². The molecule has 1 aliphatic carbocycles. The number of rotatable bonds is 8. The Morgan fingerprint density at radius 3 is 2.22 bits per heavy atom. The highest BCUT2D eigenvalue weighted by Gasteiger charge is 2.49. The molecule has 2 rings (SSSR count). The van der Waals surface area contributed by atoms with Gasteiger partial charge < -0.3 is 26.0 Å². The van der Waals surface area contributed by atoms with E-state index in [1.165, 1.54) is 4.90 Å². The minimum Gasteiger partial charge on any atom is -0.444 e. The highest BCUT2D eigenvalue weighted by atomic mass is 16.6. The van der Waals surface area contributed by atoms with E-state index in [1.54, 1.807) is 45.0 Å². The van der Waals surface area contributed by atoms with Crippen LogP contribution in [0.3, 0.4) is 0 Å². The quantitative estimate of drug-likeness (QED) is 0.474. The molecule has 9 heteroatoms. The van der Waals surface area contributed by atoms with Crippen molar-refractivity contribution in [3.05, 3.63) is 35.4 Å². The van der Waals surface area contributed by atoms with Gasteiger partial charge in [0, 0.05) is 17.1 Å². The number of hydrogen-bond donors (Lipinski definition) is 3. The van der Waals surface area contributed by atoms with Crippen molar-refractivity contribution in [1.29, 1.82) is 0 Å². The molecule has 1 aromatic carbocycles. The van der Waals surface area contributed by atoms with Crippen molar-refractivity contribution in [2.75, 3.05) is 0 Å². The van der Waals surface area contributed by atoms with Crippen LogP contribution in [0.4, 0.5) is 4.79 Å². The Morgan fingerprint density at radius 1 is 1.17 bits per heavy atom. The molecule has 0 aliphatic heterocycles. The van der Waals surface area contributed by atoms with Gasteiger partial charge >= 0.3 is 6.09 Å². The number of amides is 4. The first-order valence-corrected chi connectivity index (χ1v) is 12.0. The summed E-state index contributed by atoms with van der Waals surface area (Å²) in [6.07, 6.45) is 5.07. The molecule has 4 atom stereocenters. The first-order valence-electron chi connectivity index (χ1n) is 12.0. The van der Waals surface area contributed by atoms with E-state index in [2.05, 4.69) is 16.6 Å². The van der Waals surface area contributed by atoms with Gasteiger partial charge in [0.2, 0.25) is 17.7 Å². The van der Waals surface area contributed by atoms with Gasteiger partial charge in [-0.1, -0.05) is 31.0 Å². The zero-order valence-electron chi connectivity index (χ0n) is 22.2. The van der Waals surface area contributed by atoms with Gasteiger partial charge in [-0.15, -0.1) is 6.42 Å². The summed E-state index contributed by atoms with van der Waals surface area (Å²) in [5.74, 6) is 0.876. The van der Waals surface area contributed by atoms with Crippen molar-refractivity contribution >= 4 is 23.8 Å². The Kier molecular flexibility index (Phi) is 8.79. The highest BCUT2D eigenvalue weighted by molar-refractivity contribution is 5.95.